The van der Waals surface area contributed by atoms with Crippen molar-refractivity contribution in [3.05, 3.63) is 88.5 Å². The largest absolute Gasteiger partial charge is 0.480 e. The number of carbonyl (C=O) groups is 3. The van der Waals surface area contributed by atoms with E-state index in [9.17, 15) is 45.8 Å². The van der Waals surface area contributed by atoms with Gasteiger partial charge in [0.1, 0.15) is 6.54 Å². The molecule has 0 atom stereocenters. The third-order valence-electron chi connectivity index (χ3n) is 5.78. The van der Waals surface area contributed by atoms with Crippen molar-refractivity contribution in [3.63, 3.8) is 0 Å². The lowest BCUT2D eigenvalue weighted by Crippen LogP contribution is -2.48. The Kier molecular flexibility index (Phi) is 9.22. The summed E-state index contributed by atoms with van der Waals surface area (Å²) in [5.41, 5.74) is -0.724. The van der Waals surface area contributed by atoms with Crippen LogP contribution in [0.1, 0.15) is 16.8 Å². The van der Waals surface area contributed by atoms with E-state index in [0.717, 1.165) is 21.7 Å². The van der Waals surface area contributed by atoms with Gasteiger partial charge in [0.05, 0.1) is 34.0 Å². The maximum Gasteiger partial charge on any atom is 0.416 e. The molecule has 3 aromatic rings. The van der Waals surface area contributed by atoms with Crippen molar-refractivity contribution >= 4 is 57.8 Å². The van der Waals surface area contributed by atoms with Gasteiger partial charge in [-0.2, -0.15) is 26.3 Å². The monoisotopic (exact) mass is 640 g/mol. The minimum Gasteiger partial charge on any atom is -0.480 e. The molecule has 43 heavy (non-hydrogen) atoms. The van der Waals surface area contributed by atoms with E-state index < -0.39 is 59.9 Å². The van der Waals surface area contributed by atoms with Crippen LogP contribution >= 0.6 is 24.0 Å². The van der Waals surface area contributed by atoms with Crippen LogP contribution in [0.4, 0.5) is 32.0 Å². The minimum atomic E-state index is -5.04. The number of rotatable bonds is 8. The predicted octanol–water partition coefficient (Wildman–Crippen LogP) is 5.61. The number of hydrogen-bond donors (Lipinski definition) is 2. The number of amides is 2. The van der Waals surface area contributed by atoms with Crippen LogP contribution in [0.3, 0.4) is 0 Å². The van der Waals surface area contributed by atoms with Gasteiger partial charge in [0.2, 0.25) is 5.91 Å². The molecule has 0 saturated carbocycles. The second-order valence-corrected chi connectivity index (χ2v) is 10.5. The van der Waals surface area contributed by atoms with E-state index in [1.54, 1.807) is 18.2 Å². The number of para-hydroxylation sites is 1. The van der Waals surface area contributed by atoms with Crippen LogP contribution in [0.2, 0.25) is 0 Å². The second-order valence-electron chi connectivity index (χ2n) is 8.80. The van der Waals surface area contributed by atoms with E-state index >= 15 is 0 Å². The average molecular weight is 641 g/mol. The normalized spacial score (nSPS) is 14.8. The molecule has 2 amide bonds. The first-order chi connectivity index (χ1) is 20.1. The summed E-state index contributed by atoms with van der Waals surface area (Å²) in [5.74, 6) is -2.65. The van der Waals surface area contributed by atoms with Gasteiger partial charge >= 0.3 is 18.3 Å². The van der Waals surface area contributed by atoms with Gasteiger partial charge in [0.25, 0.3) is 5.91 Å². The number of anilines is 1. The van der Waals surface area contributed by atoms with Gasteiger partial charge < -0.3 is 10.0 Å². The lowest BCUT2D eigenvalue weighted by Gasteiger charge is -2.23. The van der Waals surface area contributed by atoms with Gasteiger partial charge in [-0.3, -0.25) is 14.4 Å². The van der Waals surface area contributed by atoms with E-state index in [2.05, 4.69) is 10.4 Å². The standard InChI is InChI=1S/C27H18F6N4O4S2/c28-26(29,30)16-9-15(10-17(11-16)27(31,32)33)20-8-4-5-18(35-20)12-21-24(41)37(25(42)43-21)34-13-22(38)36(14-23(39)40)19-6-2-1-3-7-19/h1-12,34H,13-14H2,(H,39,40)/b21-12-. The van der Waals surface area contributed by atoms with E-state index in [4.69, 9.17) is 12.2 Å². The Hall–Kier alpha value is -4.28. The first kappa shape index (κ1) is 31.7. The fraction of sp³-hybridized carbons (Fsp3) is 0.148. The van der Waals surface area contributed by atoms with Crippen LogP contribution in [0.5, 0.6) is 0 Å². The quantitative estimate of drug-likeness (QED) is 0.186. The molecule has 16 heteroatoms. The molecule has 1 fully saturated rings. The molecule has 4 rings (SSSR count). The molecule has 1 aromatic heterocycles. The lowest BCUT2D eigenvalue weighted by molar-refractivity contribution is -0.143. The number of alkyl halides is 6. The number of aliphatic carboxylic acids is 1. The molecule has 8 nitrogen and oxygen atoms in total. The molecule has 1 aliphatic heterocycles. The number of hydrazine groups is 1. The lowest BCUT2D eigenvalue weighted by atomic mass is 10.0. The average Bonchev–Trinajstić information content (AvgIpc) is 3.21. The van der Waals surface area contributed by atoms with Gasteiger partial charge in [-0.25, -0.2) is 15.4 Å². The predicted molar refractivity (Wildman–Crippen MR) is 149 cm³/mol. The van der Waals surface area contributed by atoms with Crippen LogP contribution in [0, 0.1) is 0 Å². The van der Waals surface area contributed by atoms with E-state index in [0.29, 0.717) is 17.8 Å². The smallest absolute Gasteiger partial charge is 0.416 e. The highest BCUT2D eigenvalue weighted by atomic mass is 32.2. The van der Waals surface area contributed by atoms with Crippen molar-refractivity contribution in [1.82, 2.24) is 15.4 Å². The summed E-state index contributed by atoms with van der Waals surface area (Å²) in [4.78, 5) is 42.2. The van der Waals surface area contributed by atoms with Crippen molar-refractivity contribution in [1.29, 1.82) is 0 Å². The number of thioether (sulfide) groups is 1. The molecule has 2 aromatic carbocycles. The number of carbonyl (C=O) groups excluding carboxylic acids is 2. The summed E-state index contributed by atoms with van der Waals surface area (Å²) >= 11 is 6.01. The molecule has 0 radical (unpaired) electrons. The topological polar surface area (TPSA) is 103 Å². The molecule has 0 unspecified atom stereocenters. The molecule has 1 saturated heterocycles. The summed E-state index contributed by atoms with van der Waals surface area (Å²) in [6.07, 6.45) is -8.84. The van der Waals surface area contributed by atoms with E-state index in [1.165, 1.54) is 36.4 Å². The third-order valence-corrected chi connectivity index (χ3v) is 7.08. The van der Waals surface area contributed by atoms with Crippen molar-refractivity contribution in [3.8, 4) is 11.3 Å². The zero-order chi connectivity index (χ0) is 31.5. The third kappa shape index (κ3) is 7.77. The van der Waals surface area contributed by atoms with Gasteiger partial charge in [-0.05, 0) is 48.5 Å². The Balaban J connectivity index is 1.54. The molecule has 2 heterocycles. The Morgan fingerprint density at radius 1 is 0.977 bits per heavy atom. The molecule has 2 N–H and O–H groups in total. The van der Waals surface area contributed by atoms with Crippen LogP contribution in [-0.4, -0.2) is 50.3 Å². The maximum atomic E-state index is 13.3. The number of aromatic nitrogens is 1. The van der Waals surface area contributed by atoms with E-state index in [1.807, 2.05) is 0 Å². The number of nitrogens with zero attached hydrogens (tertiary/aromatic N) is 3. The number of nitrogens with one attached hydrogen (secondary N) is 1. The second kappa shape index (κ2) is 12.5. The highest BCUT2D eigenvalue weighted by Crippen LogP contribution is 2.38. The summed E-state index contributed by atoms with van der Waals surface area (Å²) < 4.78 is 79.8. The number of halogens is 6. The first-order valence-electron chi connectivity index (χ1n) is 12.0. The van der Waals surface area contributed by atoms with Crippen LogP contribution in [-0.2, 0) is 26.7 Å². The SMILES string of the molecule is O=C(O)CN(C(=O)CNN1C(=O)/C(=C/c2cccc(-c3cc(C(F)(F)F)cc(C(F)(F)F)c3)n2)SC1=S)c1ccccc1. The Labute approximate surface area is 249 Å². The Morgan fingerprint density at radius 2 is 1.60 bits per heavy atom. The zero-order valence-corrected chi connectivity index (χ0v) is 23.1. The zero-order valence-electron chi connectivity index (χ0n) is 21.4. The van der Waals surface area contributed by atoms with Crippen LogP contribution in [0.15, 0.2) is 71.6 Å². The number of carboxylic acid groups (broad SMARTS) is 1. The summed E-state index contributed by atoms with van der Waals surface area (Å²) in [6.45, 7) is -1.14. The molecule has 224 valence electrons. The Bertz CT molecular complexity index is 1580. The highest BCUT2D eigenvalue weighted by Gasteiger charge is 2.37. The molecular formula is C27H18F6N4O4S2. The number of hydrogen-bond acceptors (Lipinski definition) is 7. The van der Waals surface area contributed by atoms with Gasteiger partial charge in [-0.1, -0.05) is 48.2 Å². The number of pyridine rings is 1. The highest BCUT2D eigenvalue weighted by molar-refractivity contribution is 8.26. The van der Waals surface area contributed by atoms with Crippen molar-refractivity contribution in [2.75, 3.05) is 18.0 Å². The van der Waals surface area contributed by atoms with Gasteiger partial charge in [0.15, 0.2) is 4.32 Å². The van der Waals surface area contributed by atoms with Gasteiger partial charge in [0, 0.05) is 11.3 Å². The number of benzene rings is 2. The van der Waals surface area contributed by atoms with Crippen LogP contribution in [0.25, 0.3) is 17.3 Å². The summed E-state index contributed by atoms with van der Waals surface area (Å²) in [7, 11) is 0. The Morgan fingerprint density at radius 3 is 2.19 bits per heavy atom. The molecule has 0 aliphatic carbocycles. The molecule has 0 bridgehead atoms. The van der Waals surface area contributed by atoms with Crippen molar-refractivity contribution in [2.24, 2.45) is 0 Å². The van der Waals surface area contributed by atoms with Crippen molar-refractivity contribution in [2.45, 2.75) is 12.4 Å². The maximum absolute atomic E-state index is 13.3. The fourth-order valence-electron chi connectivity index (χ4n) is 3.84. The fourth-order valence-corrected chi connectivity index (χ4v) is 5.04. The minimum absolute atomic E-state index is 0.0000678. The summed E-state index contributed by atoms with van der Waals surface area (Å²) in [5, 5.41) is 10.1. The van der Waals surface area contributed by atoms with Crippen molar-refractivity contribution < 1.29 is 45.8 Å². The molecule has 1 aliphatic rings. The number of carboxylic acids is 1. The molecular weight excluding hydrogens is 622 g/mol. The van der Waals surface area contributed by atoms with Gasteiger partial charge in [-0.15, -0.1) is 0 Å². The summed E-state index contributed by atoms with van der Waals surface area (Å²) in [6, 6.07) is 13.0. The van der Waals surface area contributed by atoms with E-state index in [-0.39, 0.29) is 26.7 Å². The van der Waals surface area contributed by atoms with Crippen LogP contribution < -0.4 is 10.3 Å². The molecule has 0 spiro atoms. The first-order valence-corrected chi connectivity index (χ1v) is 13.2. The number of thiocarbonyl (C=S) groups is 1.